The van der Waals surface area contributed by atoms with E-state index < -0.39 is 0 Å². The van der Waals surface area contributed by atoms with Crippen molar-refractivity contribution in [2.24, 2.45) is 5.92 Å². The number of likely N-dealkylation sites (tertiary alicyclic amines) is 1. The Morgan fingerprint density at radius 1 is 1.24 bits per heavy atom. The second-order valence-corrected chi connectivity index (χ2v) is 7.78. The van der Waals surface area contributed by atoms with Crippen LogP contribution < -0.4 is 5.32 Å². The molecule has 3 aliphatic rings. The fourth-order valence-corrected chi connectivity index (χ4v) is 4.32. The van der Waals surface area contributed by atoms with Gasteiger partial charge in [-0.25, -0.2) is 0 Å². The van der Waals surface area contributed by atoms with Crippen molar-refractivity contribution in [3.05, 3.63) is 18.0 Å². The number of carbonyl (C=O) groups excluding carboxylic acids is 2. The van der Waals surface area contributed by atoms with Crippen molar-refractivity contribution in [2.45, 2.75) is 69.9 Å². The SMILES string of the molecule is O=C(NCCCn1nccc1C1CC1)C1CC(=O)N(C2CCCC2)C1. The Bertz CT molecular complexity index is 631. The molecule has 2 aliphatic carbocycles. The largest absolute Gasteiger partial charge is 0.356 e. The maximum atomic E-state index is 12.4. The first-order chi connectivity index (χ1) is 12.2. The number of hydrogen-bond acceptors (Lipinski definition) is 3. The lowest BCUT2D eigenvalue weighted by atomic mass is 10.1. The second kappa shape index (κ2) is 7.18. The molecule has 0 radical (unpaired) electrons. The Labute approximate surface area is 148 Å². The molecule has 4 rings (SSSR count). The van der Waals surface area contributed by atoms with Crippen LogP contribution in [0.5, 0.6) is 0 Å². The van der Waals surface area contributed by atoms with Crippen molar-refractivity contribution in [1.29, 1.82) is 0 Å². The van der Waals surface area contributed by atoms with Crippen molar-refractivity contribution in [3.63, 3.8) is 0 Å². The van der Waals surface area contributed by atoms with Gasteiger partial charge in [-0.05, 0) is 38.2 Å². The van der Waals surface area contributed by atoms with Gasteiger partial charge in [0.15, 0.2) is 0 Å². The second-order valence-electron chi connectivity index (χ2n) is 7.78. The fourth-order valence-electron chi connectivity index (χ4n) is 4.32. The van der Waals surface area contributed by atoms with Gasteiger partial charge in [-0.15, -0.1) is 0 Å². The standard InChI is InChI=1S/C19H28N4O2/c24-18-12-15(13-22(18)16-4-1-2-5-16)19(25)20-9-3-11-23-17(8-10-21-23)14-6-7-14/h8,10,14-16H,1-7,9,11-13H2,(H,20,25). The van der Waals surface area contributed by atoms with E-state index in [0.717, 1.165) is 25.8 Å². The highest BCUT2D eigenvalue weighted by atomic mass is 16.2. The first-order valence-electron chi connectivity index (χ1n) is 9.81. The van der Waals surface area contributed by atoms with Gasteiger partial charge in [0.25, 0.3) is 0 Å². The molecule has 6 heteroatoms. The summed E-state index contributed by atoms with van der Waals surface area (Å²) in [6.45, 7) is 2.11. The van der Waals surface area contributed by atoms with Crippen LogP contribution >= 0.6 is 0 Å². The van der Waals surface area contributed by atoms with Gasteiger partial charge in [-0.2, -0.15) is 5.10 Å². The van der Waals surface area contributed by atoms with E-state index in [9.17, 15) is 9.59 Å². The van der Waals surface area contributed by atoms with Gasteiger partial charge in [0.05, 0.1) is 5.92 Å². The van der Waals surface area contributed by atoms with Crippen LogP contribution in [-0.4, -0.2) is 45.6 Å². The third-order valence-electron chi connectivity index (χ3n) is 5.89. The van der Waals surface area contributed by atoms with E-state index in [1.807, 2.05) is 11.1 Å². The predicted octanol–water partition coefficient (Wildman–Crippen LogP) is 2.06. The number of rotatable bonds is 7. The first-order valence-corrected chi connectivity index (χ1v) is 9.81. The van der Waals surface area contributed by atoms with Gasteiger partial charge in [-0.3, -0.25) is 14.3 Å². The van der Waals surface area contributed by atoms with Crippen molar-refractivity contribution in [3.8, 4) is 0 Å². The molecule has 1 aromatic heterocycles. The van der Waals surface area contributed by atoms with Crippen LogP contribution in [0.25, 0.3) is 0 Å². The van der Waals surface area contributed by atoms with E-state index in [0.29, 0.717) is 31.5 Å². The van der Waals surface area contributed by atoms with E-state index in [1.165, 1.54) is 31.4 Å². The van der Waals surface area contributed by atoms with Gasteiger partial charge in [-0.1, -0.05) is 12.8 Å². The number of nitrogens with one attached hydrogen (secondary N) is 1. The van der Waals surface area contributed by atoms with E-state index in [4.69, 9.17) is 0 Å². The molecule has 1 aliphatic heterocycles. The molecule has 2 saturated carbocycles. The number of amides is 2. The van der Waals surface area contributed by atoms with E-state index in [2.05, 4.69) is 21.2 Å². The molecule has 2 amide bonds. The molecule has 0 bridgehead atoms. The van der Waals surface area contributed by atoms with E-state index in [-0.39, 0.29) is 17.7 Å². The summed E-state index contributed by atoms with van der Waals surface area (Å²) in [7, 11) is 0. The zero-order valence-electron chi connectivity index (χ0n) is 14.8. The minimum Gasteiger partial charge on any atom is -0.356 e. The Balaban J connectivity index is 1.20. The Kier molecular flexibility index (Phi) is 4.77. The molecule has 3 fully saturated rings. The van der Waals surface area contributed by atoms with Gasteiger partial charge in [0.1, 0.15) is 0 Å². The molecule has 1 aromatic rings. The quantitative estimate of drug-likeness (QED) is 0.770. The van der Waals surface area contributed by atoms with Crippen molar-refractivity contribution >= 4 is 11.8 Å². The number of aryl methyl sites for hydroxylation is 1. The average molecular weight is 344 g/mol. The maximum Gasteiger partial charge on any atom is 0.225 e. The molecular weight excluding hydrogens is 316 g/mol. The molecule has 0 spiro atoms. The van der Waals surface area contributed by atoms with Gasteiger partial charge >= 0.3 is 0 Å². The number of hydrogen-bond donors (Lipinski definition) is 1. The average Bonchev–Trinajstić information content (AvgIpc) is 3.03. The molecule has 1 N–H and O–H groups in total. The Morgan fingerprint density at radius 2 is 2.04 bits per heavy atom. The number of carbonyl (C=O) groups is 2. The van der Waals surface area contributed by atoms with Crippen molar-refractivity contribution in [2.75, 3.05) is 13.1 Å². The predicted molar refractivity (Wildman–Crippen MR) is 93.9 cm³/mol. The summed E-state index contributed by atoms with van der Waals surface area (Å²) in [4.78, 5) is 26.5. The van der Waals surface area contributed by atoms with Crippen LogP contribution in [0.1, 0.15) is 63.0 Å². The zero-order valence-corrected chi connectivity index (χ0v) is 14.8. The third-order valence-corrected chi connectivity index (χ3v) is 5.89. The molecule has 25 heavy (non-hydrogen) atoms. The van der Waals surface area contributed by atoms with E-state index >= 15 is 0 Å². The summed E-state index contributed by atoms with van der Waals surface area (Å²) in [5, 5.41) is 7.41. The number of aromatic nitrogens is 2. The van der Waals surface area contributed by atoms with Crippen LogP contribution in [-0.2, 0) is 16.1 Å². The van der Waals surface area contributed by atoms with Crippen LogP contribution in [0.3, 0.4) is 0 Å². The molecule has 1 unspecified atom stereocenters. The normalized spacial score (nSPS) is 24.2. The highest BCUT2D eigenvalue weighted by Gasteiger charge is 2.38. The van der Waals surface area contributed by atoms with Crippen LogP contribution in [0.15, 0.2) is 12.3 Å². The molecule has 0 aromatic carbocycles. The lowest BCUT2D eigenvalue weighted by molar-refractivity contribution is -0.130. The molecule has 136 valence electrons. The summed E-state index contributed by atoms with van der Waals surface area (Å²) in [5.74, 6) is 0.734. The molecule has 1 saturated heterocycles. The van der Waals surface area contributed by atoms with Gasteiger partial charge in [0, 0.05) is 49.9 Å². The summed E-state index contributed by atoms with van der Waals surface area (Å²) in [5.41, 5.74) is 1.33. The summed E-state index contributed by atoms with van der Waals surface area (Å²) < 4.78 is 2.07. The molecule has 2 heterocycles. The molecule has 1 atom stereocenters. The minimum absolute atomic E-state index is 0.0386. The smallest absolute Gasteiger partial charge is 0.225 e. The van der Waals surface area contributed by atoms with Crippen LogP contribution in [0.2, 0.25) is 0 Å². The van der Waals surface area contributed by atoms with Crippen LogP contribution in [0, 0.1) is 5.92 Å². The third kappa shape index (κ3) is 3.72. The van der Waals surface area contributed by atoms with Crippen molar-refractivity contribution < 1.29 is 9.59 Å². The molecular formula is C19H28N4O2. The topological polar surface area (TPSA) is 67.2 Å². The highest BCUT2D eigenvalue weighted by molar-refractivity contribution is 5.89. The Morgan fingerprint density at radius 3 is 2.80 bits per heavy atom. The van der Waals surface area contributed by atoms with Gasteiger partial charge in [0.2, 0.25) is 11.8 Å². The summed E-state index contributed by atoms with van der Waals surface area (Å²) >= 11 is 0. The lowest BCUT2D eigenvalue weighted by Gasteiger charge is -2.23. The monoisotopic (exact) mass is 344 g/mol. The number of nitrogens with zero attached hydrogens (tertiary/aromatic N) is 3. The van der Waals surface area contributed by atoms with E-state index in [1.54, 1.807) is 0 Å². The Hall–Kier alpha value is -1.85. The summed E-state index contributed by atoms with van der Waals surface area (Å²) in [6, 6.07) is 2.49. The molecule has 6 nitrogen and oxygen atoms in total. The van der Waals surface area contributed by atoms with Gasteiger partial charge < -0.3 is 10.2 Å². The highest BCUT2D eigenvalue weighted by Crippen LogP contribution is 2.39. The first kappa shape index (κ1) is 16.6. The zero-order chi connectivity index (χ0) is 17.2. The van der Waals surface area contributed by atoms with Crippen LogP contribution in [0.4, 0.5) is 0 Å². The fraction of sp³-hybridized carbons (Fsp3) is 0.737. The maximum absolute atomic E-state index is 12.4. The van der Waals surface area contributed by atoms with Crippen molar-refractivity contribution in [1.82, 2.24) is 20.0 Å². The summed E-state index contributed by atoms with van der Waals surface area (Å²) in [6.07, 6.45) is 10.3. The lowest BCUT2D eigenvalue weighted by Crippen LogP contribution is -2.37. The minimum atomic E-state index is -0.167.